The van der Waals surface area contributed by atoms with E-state index in [1.807, 2.05) is 57.2 Å². The predicted molar refractivity (Wildman–Crippen MR) is 133 cm³/mol. The van der Waals surface area contributed by atoms with E-state index in [4.69, 9.17) is 4.74 Å². The number of aliphatic hydroxyl groups excluding tert-OH is 1. The van der Waals surface area contributed by atoms with Crippen molar-refractivity contribution in [3.05, 3.63) is 73.3 Å². The largest absolute Gasteiger partial charge is 0.444 e. The molecule has 0 aromatic heterocycles. The minimum absolute atomic E-state index is 0.248. The van der Waals surface area contributed by atoms with Crippen LogP contribution in [0.4, 0.5) is 4.79 Å². The molecule has 6 heteroatoms. The first kappa shape index (κ1) is 26.1. The molecule has 0 saturated carbocycles. The van der Waals surface area contributed by atoms with Crippen LogP contribution < -0.4 is 5.32 Å². The highest BCUT2D eigenvalue weighted by atomic mass is 16.6. The molecule has 0 spiro atoms. The number of alkyl carbamates (subject to hydrolysis) is 1. The Labute approximate surface area is 196 Å². The number of carbonyl (C=O) groups excluding carboxylic acids is 2. The monoisotopic (exact) mass is 452 g/mol. The first-order chi connectivity index (χ1) is 15.6. The Bertz CT molecular complexity index is 964. The second-order valence-electron chi connectivity index (χ2n) is 9.05. The van der Waals surface area contributed by atoms with E-state index in [9.17, 15) is 14.7 Å². The first-order valence-corrected chi connectivity index (χ1v) is 11.3. The van der Waals surface area contributed by atoms with E-state index in [1.54, 1.807) is 4.90 Å². The summed E-state index contributed by atoms with van der Waals surface area (Å²) < 4.78 is 5.23. The summed E-state index contributed by atoms with van der Waals surface area (Å²) in [5.41, 5.74) is 0.474. The summed E-state index contributed by atoms with van der Waals surface area (Å²) in [6, 6.07) is 13.7. The maximum Gasteiger partial charge on any atom is 0.407 e. The number of aliphatic hydroxyl groups is 1. The van der Waals surface area contributed by atoms with Crippen molar-refractivity contribution < 1.29 is 19.4 Å². The normalized spacial score (nSPS) is 13.1. The van der Waals surface area contributed by atoms with Gasteiger partial charge in [0.15, 0.2) is 0 Å². The smallest absolute Gasteiger partial charge is 0.407 e. The van der Waals surface area contributed by atoms with Crippen LogP contribution in [0.2, 0.25) is 0 Å². The molecule has 2 aromatic carbocycles. The van der Waals surface area contributed by atoms with Gasteiger partial charge in [-0.15, -0.1) is 6.58 Å². The fourth-order valence-electron chi connectivity index (χ4n) is 3.65. The molecule has 2 N–H and O–H groups in total. The average molecular weight is 453 g/mol. The third-order valence-electron chi connectivity index (χ3n) is 5.25. The maximum absolute atomic E-state index is 12.7. The molecule has 0 bridgehead atoms. The molecule has 33 heavy (non-hydrogen) atoms. The highest BCUT2D eigenvalue weighted by Crippen LogP contribution is 2.20. The van der Waals surface area contributed by atoms with Crippen molar-refractivity contribution in [3.63, 3.8) is 0 Å². The molecule has 0 saturated heterocycles. The minimum atomic E-state index is -0.889. The van der Waals surface area contributed by atoms with Crippen LogP contribution in [0.1, 0.15) is 39.2 Å². The standard InChI is InChI=1S/C27H36N2O4/c1-6-24(30)23(19-20-14-15-21-12-8-9-13-22(21)18-20)29(25(31)7-2)17-11-10-16-28-26(32)33-27(3,4)5/h6-9,12-15,18,23-24,30H,1-2,10-11,16-17,19H2,3-5H3,(H,28,32)/t23-,24-/m0/s1. The first-order valence-electron chi connectivity index (χ1n) is 11.3. The number of nitrogens with one attached hydrogen (secondary N) is 1. The number of carbonyl (C=O) groups is 2. The van der Waals surface area contributed by atoms with Crippen LogP contribution in [0.3, 0.4) is 0 Å². The van der Waals surface area contributed by atoms with Gasteiger partial charge in [-0.3, -0.25) is 4.79 Å². The van der Waals surface area contributed by atoms with Crippen molar-refractivity contribution >= 4 is 22.8 Å². The quantitative estimate of drug-likeness (QED) is 0.296. The zero-order valence-electron chi connectivity index (χ0n) is 19.9. The molecule has 2 amide bonds. The Morgan fingerprint density at radius 1 is 1.12 bits per heavy atom. The van der Waals surface area contributed by atoms with Gasteiger partial charge in [-0.25, -0.2) is 4.79 Å². The maximum atomic E-state index is 12.7. The van der Waals surface area contributed by atoms with E-state index >= 15 is 0 Å². The van der Waals surface area contributed by atoms with Crippen molar-refractivity contribution in [3.8, 4) is 0 Å². The van der Waals surface area contributed by atoms with E-state index in [0.717, 1.165) is 16.3 Å². The molecule has 2 aromatic rings. The molecular formula is C27H36N2O4. The summed E-state index contributed by atoms with van der Waals surface area (Å²) in [7, 11) is 0. The Hall–Kier alpha value is -3.12. The third-order valence-corrected chi connectivity index (χ3v) is 5.25. The van der Waals surface area contributed by atoms with Crippen LogP contribution in [-0.2, 0) is 16.0 Å². The number of hydrogen-bond acceptors (Lipinski definition) is 4. The molecule has 0 aliphatic heterocycles. The van der Waals surface area contributed by atoms with Crippen LogP contribution in [0.5, 0.6) is 0 Å². The zero-order valence-corrected chi connectivity index (χ0v) is 19.9. The second kappa shape index (κ2) is 12.2. The zero-order chi connectivity index (χ0) is 24.4. The van der Waals surface area contributed by atoms with Crippen LogP contribution in [0.15, 0.2) is 67.8 Å². The van der Waals surface area contributed by atoms with Gasteiger partial charge in [-0.2, -0.15) is 0 Å². The Morgan fingerprint density at radius 3 is 2.45 bits per heavy atom. The molecule has 0 radical (unpaired) electrons. The van der Waals surface area contributed by atoms with E-state index in [0.29, 0.717) is 32.4 Å². The molecule has 0 fully saturated rings. The number of ether oxygens (including phenoxy) is 1. The van der Waals surface area contributed by atoms with Gasteiger partial charge < -0.3 is 20.1 Å². The third kappa shape index (κ3) is 8.39. The van der Waals surface area contributed by atoms with Gasteiger partial charge in [0.25, 0.3) is 0 Å². The van der Waals surface area contributed by atoms with Crippen molar-refractivity contribution in [2.24, 2.45) is 0 Å². The number of rotatable bonds is 11. The van der Waals surface area contributed by atoms with E-state index in [1.165, 1.54) is 12.2 Å². The van der Waals surface area contributed by atoms with Crippen LogP contribution in [0.25, 0.3) is 10.8 Å². The highest BCUT2D eigenvalue weighted by molar-refractivity contribution is 5.87. The molecule has 6 nitrogen and oxygen atoms in total. The number of amides is 2. The lowest BCUT2D eigenvalue weighted by molar-refractivity contribution is -0.130. The molecule has 0 aliphatic carbocycles. The van der Waals surface area contributed by atoms with Gasteiger partial charge in [-0.05, 0) is 62.4 Å². The van der Waals surface area contributed by atoms with Gasteiger partial charge in [0.1, 0.15) is 5.60 Å². The van der Waals surface area contributed by atoms with Crippen molar-refractivity contribution in [2.45, 2.75) is 57.8 Å². The molecule has 0 unspecified atom stereocenters. The van der Waals surface area contributed by atoms with E-state index < -0.39 is 23.8 Å². The summed E-state index contributed by atoms with van der Waals surface area (Å²) in [4.78, 5) is 26.1. The summed E-state index contributed by atoms with van der Waals surface area (Å²) in [6.45, 7) is 13.6. The summed E-state index contributed by atoms with van der Waals surface area (Å²) in [5, 5.41) is 15.6. The van der Waals surface area contributed by atoms with Crippen molar-refractivity contribution in [1.29, 1.82) is 0 Å². The lowest BCUT2D eigenvalue weighted by Gasteiger charge is -2.33. The van der Waals surface area contributed by atoms with Gasteiger partial charge >= 0.3 is 6.09 Å². The molecule has 0 heterocycles. The van der Waals surface area contributed by atoms with E-state index in [2.05, 4.69) is 24.5 Å². The molecular weight excluding hydrogens is 416 g/mol. The summed E-state index contributed by atoms with van der Waals surface area (Å²) in [5.74, 6) is -0.248. The topological polar surface area (TPSA) is 78.9 Å². The summed E-state index contributed by atoms with van der Waals surface area (Å²) >= 11 is 0. The fourth-order valence-corrected chi connectivity index (χ4v) is 3.65. The van der Waals surface area contributed by atoms with E-state index in [-0.39, 0.29) is 5.91 Å². The minimum Gasteiger partial charge on any atom is -0.444 e. The molecule has 2 atom stereocenters. The van der Waals surface area contributed by atoms with Crippen LogP contribution in [0, 0.1) is 0 Å². The number of unbranched alkanes of at least 4 members (excludes halogenated alkanes) is 1. The van der Waals surface area contributed by atoms with Gasteiger partial charge in [0, 0.05) is 13.1 Å². The fraction of sp³-hybridized carbons (Fsp3) is 0.407. The SMILES string of the molecule is C=CC(=O)N(CCCCNC(=O)OC(C)(C)C)[C@@H](Cc1ccc2ccccc2c1)[C@@H](O)C=C. The van der Waals surface area contributed by atoms with Gasteiger partial charge in [0.05, 0.1) is 12.1 Å². The number of nitrogens with zero attached hydrogens (tertiary/aromatic N) is 1. The average Bonchev–Trinajstić information content (AvgIpc) is 2.78. The Morgan fingerprint density at radius 2 is 1.82 bits per heavy atom. The lowest BCUT2D eigenvalue weighted by Crippen LogP contribution is -2.47. The Kier molecular flexibility index (Phi) is 9.67. The molecule has 0 aliphatic rings. The Balaban J connectivity index is 2.05. The number of fused-ring (bicyclic) bond motifs is 1. The second-order valence-corrected chi connectivity index (χ2v) is 9.05. The van der Waals surface area contributed by atoms with Crippen LogP contribution in [-0.4, -0.2) is 52.8 Å². The molecule has 2 rings (SSSR count). The highest BCUT2D eigenvalue weighted by Gasteiger charge is 2.27. The lowest BCUT2D eigenvalue weighted by atomic mass is 9.97. The number of benzene rings is 2. The van der Waals surface area contributed by atoms with Crippen molar-refractivity contribution in [1.82, 2.24) is 10.2 Å². The van der Waals surface area contributed by atoms with Gasteiger partial charge in [-0.1, -0.05) is 55.1 Å². The summed E-state index contributed by atoms with van der Waals surface area (Å²) in [6.07, 6.45) is 3.16. The predicted octanol–water partition coefficient (Wildman–Crippen LogP) is 4.62. The number of hydrogen-bond donors (Lipinski definition) is 2. The van der Waals surface area contributed by atoms with Gasteiger partial charge in [0.2, 0.25) is 5.91 Å². The van der Waals surface area contributed by atoms with Crippen LogP contribution >= 0.6 is 0 Å². The molecule has 178 valence electrons. The van der Waals surface area contributed by atoms with Crippen molar-refractivity contribution in [2.75, 3.05) is 13.1 Å².